The van der Waals surface area contributed by atoms with Crippen molar-refractivity contribution in [2.24, 2.45) is 0 Å². The number of nitrogens with zero attached hydrogens (tertiary/aromatic N) is 2. The lowest BCUT2D eigenvalue weighted by Gasteiger charge is -2.16. The Balaban J connectivity index is 1.75. The van der Waals surface area contributed by atoms with Crippen molar-refractivity contribution in [3.05, 3.63) is 81.1 Å². The molecule has 2 aromatic carbocycles. The third-order valence-electron chi connectivity index (χ3n) is 4.28. The molecule has 0 radical (unpaired) electrons. The van der Waals surface area contributed by atoms with Gasteiger partial charge in [0.2, 0.25) is 5.91 Å². The van der Waals surface area contributed by atoms with Crippen molar-refractivity contribution in [3.8, 4) is 0 Å². The fourth-order valence-electron chi connectivity index (χ4n) is 2.89. The first-order valence-corrected chi connectivity index (χ1v) is 10.6. The van der Waals surface area contributed by atoms with Crippen LogP contribution in [0.4, 0.5) is 0 Å². The van der Waals surface area contributed by atoms with Crippen LogP contribution in [0.5, 0.6) is 0 Å². The van der Waals surface area contributed by atoms with Crippen molar-refractivity contribution in [1.29, 1.82) is 0 Å². The smallest absolute Gasteiger partial charge is 0.262 e. The summed E-state index contributed by atoms with van der Waals surface area (Å²) in [6.07, 6.45) is 1.63. The zero-order chi connectivity index (χ0) is 21.0. The second-order valence-corrected chi connectivity index (χ2v) is 8.15. The Kier molecular flexibility index (Phi) is 7.00. The Labute approximate surface area is 182 Å². The second-order valence-electron chi connectivity index (χ2n) is 6.36. The molecule has 1 unspecified atom stereocenters. The highest BCUT2D eigenvalue weighted by molar-refractivity contribution is 7.99. The van der Waals surface area contributed by atoms with E-state index < -0.39 is 0 Å². The van der Waals surface area contributed by atoms with Crippen molar-refractivity contribution in [3.63, 3.8) is 0 Å². The molecule has 0 spiro atoms. The number of carbonyl (C=O) groups is 1. The molecule has 1 N–H and O–H groups in total. The average Bonchev–Trinajstić information content (AvgIpc) is 2.68. The fourth-order valence-corrected chi connectivity index (χ4v) is 4.28. The lowest BCUT2D eigenvalue weighted by atomic mass is 10.1. The number of nitrogens with one attached hydrogen (secondary N) is 1. The SMILES string of the molecule is C=CCn1c(SCC(=O)NC(C)c2ccc(Cl)cc2Cl)nc2ccccc2c1=O. The predicted molar refractivity (Wildman–Crippen MR) is 120 cm³/mol. The van der Waals surface area contributed by atoms with Crippen molar-refractivity contribution < 1.29 is 4.79 Å². The molecule has 8 heteroatoms. The summed E-state index contributed by atoms with van der Waals surface area (Å²) in [5.41, 5.74) is 1.23. The Morgan fingerprint density at radius 3 is 2.79 bits per heavy atom. The van der Waals surface area contributed by atoms with Crippen LogP contribution in [0.25, 0.3) is 10.9 Å². The molecule has 0 saturated carbocycles. The van der Waals surface area contributed by atoms with Gasteiger partial charge in [-0.25, -0.2) is 4.98 Å². The molecule has 29 heavy (non-hydrogen) atoms. The van der Waals surface area contributed by atoms with Gasteiger partial charge in [-0.3, -0.25) is 14.2 Å². The molecule has 0 aliphatic carbocycles. The zero-order valence-electron chi connectivity index (χ0n) is 15.7. The van der Waals surface area contributed by atoms with Crippen LogP contribution in [0, 0.1) is 0 Å². The monoisotopic (exact) mass is 447 g/mol. The number of rotatable bonds is 7. The first kappa shape index (κ1) is 21.4. The molecular formula is C21H19Cl2N3O2S. The molecule has 0 fully saturated rings. The summed E-state index contributed by atoms with van der Waals surface area (Å²) in [6, 6.07) is 12.0. The standard InChI is InChI=1S/C21H19Cl2N3O2S/c1-3-10-26-20(28)16-6-4-5-7-18(16)25-21(26)29-12-19(27)24-13(2)15-9-8-14(22)11-17(15)23/h3-9,11,13H,1,10,12H2,2H3,(H,24,27). The van der Waals surface area contributed by atoms with Crippen LogP contribution < -0.4 is 10.9 Å². The van der Waals surface area contributed by atoms with Crippen LogP contribution in [0.15, 0.2) is 65.1 Å². The third-order valence-corrected chi connectivity index (χ3v) is 5.82. The molecule has 0 aliphatic rings. The molecule has 0 bridgehead atoms. The van der Waals surface area contributed by atoms with Crippen LogP contribution in [0.1, 0.15) is 18.5 Å². The molecule has 5 nitrogen and oxygen atoms in total. The molecule has 1 heterocycles. The van der Waals surface area contributed by atoms with E-state index >= 15 is 0 Å². The summed E-state index contributed by atoms with van der Waals surface area (Å²) in [7, 11) is 0. The van der Waals surface area contributed by atoms with E-state index in [2.05, 4.69) is 16.9 Å². The van der Waals surface area contributed by atoms with Crippen LogP contribution in [-0.2, 0) is 11.3 Å². The largest absolute Gasteiger partial charge is 0.349 e. The van der Waals surface area contributed by atoms with Gasteiger partial charge in [-0.05, 0) is 36.8 Å². The minimum absolute atomic E-state index is 0.109. The number of fused-ring (bicyclic) bond motifs is 1. The van der Waals surface area contributed by atoms with Crippen molar-refractivity contribution in [2.45, 2.75) is 24.7 Å². The number of allylic oxidation sites excluding steroid dienone is 1. The number of para-hydroxylation sites is 1. The molecule has 0 saturated heterocycles. The zero-order valence-corrected chi connectivity index (χ0v) is 18.0. The van der Waals surface area contributed by atoms with Gasteiger partial charge in [0, 0.05) is 16.6 Å². The highest BCUT2D eigenvalue weighted by atomic mass is 35.5. The van der Waals surface area contributed by atoms with E-state index in [1.54, 1.807) is 42.5 Å². The topological polar surface area (TPSA) is 64.0 Å². The molecule has 1 atom stereocenters. The van der Waals surface area contributed by atoms with E-state index in [1.807, 2.05) is 13.0 Å². The number of hydrogen-bond donors (Lipinski definition) is 1. The van der Waals surface area contributed by atoms with Gasteiger partial charge in [-0.15, -0.1) is 6.58 Å². The van der Waals surface area contributed by atoms with Crippen molar-refractivity contribution in [1.82, 2.24) is 14.9 Å². The lowest BCUT2D eigenvalue weighted by Crippen LogP contribution is -2.29. The first-order valence-electron chi connectivity index (χ1n) is 8.88. The summed E-state index contributed by atoms with van der Waals surface area (Å²) in [5, 5.41) is 4.95. The summed E-state index contributed by atoms with van der Waals surface area (Å²) in [6.45, 7) is 5.87. The predicted octanol–water partition coefficient (Wildman–Crippen LogP) is 4.86. The highest BCUT2D eigenvalue weighted by Gasteiger charge is 2.16. The van der Waals surface area contributed by atoms with Gasteiger partial charge < -0.3 is 5.32 Å². The first-order chi connectivity index (χ1) is 13.9. The molecule has 3 aromatic rings. The van der Waals surface area contributed by atoms with E-state index in [-0.39, 0.29) is 23.3 Å². The third kappa shape index (κ3) is 5.01. The van der Waals surface area contributed by atoms with Crippen LogP contribution in [0.3, 0.4) is 0 Å². The van der Waals surface area contributed by atoms with E-state index in [0.29, 0.717) is 32.6 Å². The number of carbonyl (C=O) groups excluding carboxylic acids is 1. The van der Waals surface area contributed by atoms with E-state index in [1.165, 1.54) is 16.3 Å². The maximum atomic E-state index is 12.7. The maximum absolute atomic E-state index is 12.7. The van der Waals surface area contributed by atoms with Crippen LogP contribution in [-0.4, -0.2) is 21.2 Å². The van der Waals surface area contributed by atoms with Crippen molar-refractivity contribution in [2.75, 3.05) is 5.75 Å². The number of halogens is 2. The van der Waals surface area contributed by atoms with Gasteiger partial charge in [-0.1, -0.05) is 59.2 Å². The Morgan fingerprint density at radius 1 is 1.31 bits per heavy atom. The molecule has 3 rings (SSSR count). The van der Waals surface area contributed by atoms with Crippen molar-refractivity contribution >= 4 is 51.8 Å². The fraction of sp³-hybridized carbons (Fsp3) is 0.190. The van der Waals surface area contributed by atoms with E-state index in [9.17, 15) is 9.59 Å². The number of hydrogen-bond acceptors (Lipinski definition) is 4. The average molecular weight is 448 g/mol. The van der Waals surface area contributed by atoms with Crippen LogP contribution in [0.2, 0.25) is 10.0 Å². The quantitative estimate of drug-likeness (QED) is 0.319. The summed E-state index contributed by atoms with van der Waals surface area (Å²) >= 11 is 13.3. The van der Waals surface area contributed by atoms with Gasteiger partial charge in [0.05, 0.1) is 22.7 Å². The number of benzene rings is 2. The Hall–Kier alpha value is -2.28. The van der Waals surface area contributed by atoms with Gasteiger partial charge in [-0.2, -0.15) is 0 Å². The Morgan fingerprint density at radius 2 is 2.07 bits per heavy atom. The molecule has 0 aliphatic heterocycles. The minimum atomic E-state index is -0.284. The van der Waals surface area contributed by atoms with Gasteiger partial charge >= 0.3 is 0 Å². The molecule has 1 aromatic heterocycles. The van der Waals surface area contributed by atoms with Gasteiger partial charge in [0.25, 0.3) is 5.56 Å². The van der Waals surface area contributed by atoms with E-state index in [4.69, 9.17) is 23.2 Å². The summed E-state index contributed by atoms with van der Waals surface area (Å²) in [5.74, 6) is -0.0848. The molecule has 150 valence electrons. The Bertz CT molecular complexity index is 1130. The minimum Gasteiger partial charge on any atom is -0.349 e. The number of amides is 1. The molecule has 1 amide bonds. The van der Waals surface area contributed by atoms with E-state index in [0.717, 1.165) is 5.56 Å². The highest BCUT2D eigenvalue weighted by Crippen LogP contribution is 2.26. The number of thioether (sulfide) groups is 1. The summed E-state index contributed by atoms with van der Waals surface area (Å²) in [4.78, 5) is 29.8. The second kappa shape index (κ2) is 9.48. The molecular weight excluding hydrogens is 429 g/mol. The van der Waals surface area contributed by atoms with Crippen LogP contribution >= 0.6 is 35.0 Å². The maximum Gasteiger partial charge on any atom is 0.262 e. The van der Waals surface area contributed by atoms with Gasteiger partial charge in [0.1, 0.15) is 0 Å². The van der Waals surface area contributed by atoms with Gasteiger partial charge in [0.15, 0.2) is 5.16 Å². The summed E-state index contributed by atoms with van der Waals surface area (Å²) < 4.78 is 1.52. The lowest BCUT2D eigenvalue weighted by molar-refractivity contribution is -0.119. The normalized spacial score (nSPS) is 12.0. The number of aromatic nitrogens is 2.